The van der Waals surface area contributed by atoms with Crippen LogP contribution in [-0.4, -0.2) is 50.7 Å². The molecule has 0 aromatic heterocycles. The molecule has 0 bridgehead atoms. The van der Waals surface area contributed by atoms with Crippen molar-refractivity contribution in [1.82, 2.24) is 9.62 Å². The van der Waals surface area contributed by atoms with E-state index in [1.165, 1.54) is 0 Å². The van der Waals surface area contributed by atoms with Crippen LogP contribution in [0.2, 0.25) is 0 Å². The van der Waals surface area contributed by atoms with Crippen molar-refractivity contribution in [3.05, 3.63) is 23.8 Å². The third-order valence-corrected chi connectivity index (χ3v) is 6.62. The van der Waals surface area contributed by atoms with Crippen molar-refractivity contribution in [2.45, 2.75) is 44.4 Å². The van der Waals surface area contributed by atoms with Crippen LogP contribution in [0.3, 0.4) is 0 Å². The number of sulfonamides is 1. The molecule has 1 aliphatic rings. The molecule has 0 spiro atoms. The van der Waals surface area contributed by atoms with Crippen LogP contribution in [-0.2, 0) is 14.8 Å². The number of thiocarbonyl (C=S) groups is 1. The summed E-state index contributed by atoms with van der Waals surface area (Å²) in [5.74, 6) is 0. The summed E-state index contributed by atoms with van der Waals surface area (Å²) in [5.41, 5.74) is 1.42. The summed E-state index contributed by atoms with van der Waals surface area (Å²) in [6.07, 6.45) is 3.80. The maximum atomic E-state index is 13.0. The molecule has 0 atom stereocenters. The summed E-state index contributed by atoms with van der Waals surface area (Å²) in [5, 5.41) is 6.66. The average molecular weight is 400 g/mol. The van der Waals surface area contributed by atoms with Gasteiger partial charge in [-0.25, -0.2) is 8.42 Å². The molecule has 1 fully saturated rings. The summed E-state index contributed by atoms with van der Waals surface area (Å²) >= 11 is 5.29. The first-order chi connectivity index (χ1) is 12.4. The third-order valence-electron chi connectivity index (χ3n) is 4.33. The maximum absolute atomic E-state index is 13.0. The molecule has 1 aromatic carbocycles. The lowest BCUT2D eigenvalue weighted by atomic mass is 10.2. The highest BCUT2D eigenvalue weighted by molar-refractivity contribution is 7.89. The fourth-order valence-electron chi connectivity index (χ4n) is 2.90. The molecule has 1 aliphatic heterocycles. The van der Waals surface area contributed by atoms with Gasteiger partial charge in [-0.2, -0.15) is 4.31 Å². The van der Waals surface area contributed by atoms with E-state index in [9.17, 15) is 8.42 Å². The molecule has 146 valence electrons. The molecule has 8 heteroatoms. The molecule has 0 amide bonds. The van der Waals surface area contributed by atoms with Gasteiger partial charge in [0.05, 0.1) is 4.90 Å². The lowest BCUT2D eigenvalue weighted by Gasteiger charge is -2.26. The molecular formula is C18H29N3O3S2. The lowest BCUT2D eigenvalue weighted by molar-refractivity contribution is 0.146. The van der Waals surface area contributed by atoms with E-state index in [4.69, 9.17) is 17.0 Å². The predicted molar refractivity (Wildman–Crippen MR) is 109 cm³/mol. The van der Waals surface area contributed by atoms with Gasteiger partial charge in [-0.15, -0.1) is 0 Å². The van der Waals surface area contributed by atoms with Crippen LogP contribution in [0.1, 0.15) is 38.2 Å². The van der Waals surface area contributed by atoms with Crippen molar-refractivity contribution in [3.8, 4) is 0 Å². The summed E-state index contributed by atoms with van der Waals surface area (Å²) < 4.78 is 32.8. The smallest absolute Gasteiger partial charge is 0.243 e. The zero-order valence-electron chi connectivity index (χ0n) is 15.6. The van der Waals surface area contributed by atoms with E-state index in [2.05, 4.69) is 10.6 Å². The summed E-state index contributed by atoms with van der Waals surface area (Å²) in [6, 6.07) is 5.34. The van der Waals surface area contributed by atoms with Crippen molar-refractivity contribution in [2.24, 2.45) is 0 Å². The third kappa shape index (κ3) is 5.90. The molecule has 26 heavy (non-hydrogen) atoms. The van der Waals surface area contributed by atoms with Crippen LogP contribution in [0.5, 0.6) is 0 Å². The molecule has 2 N–H and O–H groups in total. The average Bonchev–Trinajstić information content (AvgIpc) is 2.64. The Morgan fingerprint density at radius 1 is 1.27 bits per heavy atom. The van der Waals surface area contributed by atoms with E-state index in [1.54, 1.807) is 10.4 Å². The van der Waals surface area contributed by atoms with Crippen LogP contribution < -0.4 is 10.6 Å². The SMILES string of the molecule is CCOCCCNC(=S)Nc1ccc(C)c(S(=O)(=O)N2CCCCC2)c1. The van der Waals surface area contributed by atoms with E-state index in [-0.39, 0.29) is 0 Å². The summed E-state index contributed by atoms with van der Waals surface area (Å²) in [4.78, 5) is 0.351. The van der Waals surface area contributed by atoms with Gasteiger partial charge in [-0.1, -0.05) is 12.5 Å². The van der Waals surface area contributed by atoms with Crippen LogP contribution in [0.4, 0.5) is 5.69 Å². The van der Waals surface area contributed by atoms with Crippen molar-refractivity contribution >= 4 is 33.0 Å². The molecule has 0 radical (unpaired) electrons. The second kappa shape index (κ2) is 10.2. The molecule has 6 nitrogen and oxygen atoms in total. The summed E-state index contributed by atoms with van der Waals surface area (Å²) in [6.45, 7) is 7.09. The zero-order valence-corrected chi connectivity index (χ0v) is 17.2. The normalized spacial score (nSPS) is 15.6. The highest BCUT2D eigenvalue weighted by atomic mass is 32.2. The molecule has 1 heterocycles. The monoisotopic (exact) mass is 399 g/mol. The molecule has 2 rings (SSSR count). The minimum Gasteiger partial charge on any atom is -0.382 e. The van der Waals surface area contributed by atoms with Gasteiger partial charge >= 0.3 is 0 Å². The zero-order chi connectivity index (χ0) is 19.0. The van der Waals surface area contributed by atoms with Crippen LogP contribution in [0, 0.1) is 6.92 Å². The molecule has 1 saturated heterocycles. The minimum atomic E-state index is -3.47. The molecule has 0 saturated carbocycles. The van der Waals surface area contributed by atoms with Gasteiger partial charge in [0.2, 0.25) is 10.0 Å². The van der Waals surface area contributed by atoms with E-state index < -0.39 is 10.0 Å². The fourth-order valence-corrected chi connectivity index (χ4v) is 4.88. The number of nitrogens with zero attached hydrogens (tertiary/aromatic N) is 1. The second-order valence-corrected chi connectivity index (χ2v) is 8.69. The van der Waals surface area contributed by atoms with Gasteiger partial charge in [-0.05, 0) is 63.0 Å². The fraction of sp³-hybridized carbons (Fsp3) is 0.611. The number of rotatable bonds is 8. The molecule has 0 unspecified atom stereocenters. The number of ether oxygens (including phenoxy) is 1. The van der Waals surface area contributed by atoms with Crippen molar-refractivity contribution in [1.29, 1.82) is 0 Å². The number of hydrogen-bond acceptors (Lipinski definition) is 4. The van der Waals surface area contributed by atoms with E-state index in [0.29, 0.717) is 48.5 Å². The van der Waals surface area contributed by atoms with Gasteiger partial charge in [0.15, 0.2) is 5.11 Å². The van der Waals surface area contributed by atoms with Gasteiger partial charge in [0.25, 0.3) is 0 Å². The van der Waals surface area contributed by atoms with Crippen LogP contribution >= 0.6 is 12.2 Å². The van der Waals surface area contributed by atoms with Crippen LogP contribution in [0.15, 0.2) is 23.1 Å². The van der Waals surface area contributed by atoms with Crippen molar-refractivity contribution in [3.63, 3.8) is 0 Å². The largest absolute Gasteiger partial charge is 0.382 e. The Balaban J connectivity index is 2.01. The Labute approximate surface area is 162 Å². The van der Waals surface area contributed by atoms with Gasteiger partial charge in [0, 0.05) is 38.5 Å². The molecule has 1 aromatic rings. The number of anilines is 1. The minimum absolute atomic E-state index is 0.351. The molecular weight excluding hydrogens is 370 g/mol. The Hall–Kier alpha value is -1.22. The molecule has 0 aliphatic carbocycles. The lowest BCUT2D eigenvalue weighted by Crippen LogP contribution is -2.36. The van der Waals surface area contributed by atoms with Crippen LogP contribution in [0.25, 0.3) is 0 Å². The number of aryl methyl sites for hydroxylation is 1. The number of piperidine rings is 1. The van der Waals surface area contributed by atoms with E-state index >= 15 is 0 Å². The first-order valence-electron chi connectivity index (χ1n) is 9.18. The maximum Gasteiger partial charge on any atom is 0.243 e. The number of hydrogen-bond donors (Lipinski definition) is 2. The van der Waals surface area contributed by atoms with Crippen molar-refractivity contribution < 1.29 is 13.2 Å². The number of nitrogens with one attached hydrogen (secondary N) is 2. The van der Waals surface area contributed by atoms with E-state index in [0.717, 1.165) is 31.2 Å². The van der Waals surface area contributed by atoms with Gasteiger partial charge in [-0.3, -0.25) is 0 Å². The topological polar surface area (TPSA) is 70.7 Å². The van der Waals surface area contributed by atoms with E-state index in [1.807, 2.05) is 26.0 Å². The standard InChI is InChI=1S/C18H29N3O3S2/c1-3-24-13-7-10-19-18(25)20-16-9-8-15(2)17(14-16)26(22,23)21-11-5-4-6-12-21/h8-9,14H,3-7,10-13H2,1-2H3,(H2,19,20,25). The van der Waals surface area contributed by atoms with Gasteiger partial charge in [0.1, 0.15) is 0 Å². The Kier molecular flexibility index (Phi) is 8.27. The Morgan fingerprint density at radius 2 is 2.00 bits per heavy atom. The first kappa shape index (κ1) is 21.1. The Bertz CT molecular complexity index is 702. The second-order valence-electron chi connectivity index (χ2n) is 6.38. The highest BCUT2D eigenvalue weighted by Gasteiger charge is 2.27. The Morgan fingerprint density at radius 3 is 2.69 bits per heavy atom. The van der Waals surface area contributed by atoms with Gasteiger partial charge < -0.3 is 15.4 Å². The first-order valence-corrected chi connectivity index (χ1v) is 11.0. The van der Waals surface area contributed by atoms with Crippen molar-refractivity contribution in [2.75, 3.05) is 38.2 Å². The summed E-state index contributed by atoms with van der Waals surface area (Å²) in [7, 11) is -3.47. The quantitative estimate of drug-likeness (QED) is 0.517. The predicted octanol–water partition coefficient (Wildman–Crippen LogP) is 2.88. The highest BCUT2D eigenvalue weighted by Crippen LogP contribution is 2.26. The number of benzene rings is 1.